The SMILES string of the molecule is I.NC(=NCc1ccccc1)N1CCSCC1. The fraction of sp³-hybridized carbons (Fsp3) is 0.417. The Kier molecular flexibility index (Phi) is 6.72. The van der Waals surface area contributed by atoms with Gasteiger partial charge in [-0.1, -0.05) is 30.3 Å². The number of nitrogens with two attached hydrogens (primary N) is 1. The first-order valence-corrected chi connectivity index (χ1v) is 6.68. The lowest BCUT2D eigenvalue weighted by Gasteiger charge is -2.27. The Morgan fingerprint density at radius 3 is 2.53 bits per heavy atom. The van der Waals surface area contributed by atoms with Gasteiger partial charge in [0, 0.05) is 24.6 Å². The van der Waals surface area contributed by atoms with Crippen LogP contribution in [0.3, 0.4) is 0 Å². The number of guanidine groups is 1. The zero-order chi connectivity index (χ0) is 11.2. The smallest absolute Gasteiger partial charge is 0.191 e. The molecule has 1 aliphatic rings. The molecule has 1 heterocycles. The van der Waals surface area contributed by atoms with Crippen molar-refractivity contribution in [2.45, 2.75) is 6.54 Å². The second kappa shape index (κ2) is 7.81. The zero-order valence-corrected chi connectivity index (χ0v) is 12.9. The van der Waals surface area contributed by atoms with Crippen molar-refractivity contribution in [2.75, 3.05) is 24.6 Å². The van der Waals surface area contributed by atoms with Crippen molar-refractivity contribution in [3.8, 4) is 0 Å². The lowest BCUT2D eigenvalue weighted by molar-refractivity contribution is 0.455. The molecular weight excluding hydrogens is 345 g/mol. The molecule has 3 nitrogen and oxygen atoms in total. The van der Waals surface area contributed by atoms with E-state index in [0.29, 0.717) is 12.5 Å². The van der Waals surface area contributed by atoms with Crippen molar-refractivity contribution in [1.29, 1.82) is 0 Å². The van der Waals surface area contributed by atoms with Gasteiger partial charge in [-0.3, -0.25) is 0 Å². The van der Waals surface area contributed by atoms with E-state index in [-0.39, 0.29) is 24.0 Å². The van der Waals surface area contributed by atoms with E-state index in [1.54, 1.807) is 0 Å². The highest BCUT2D eigenvalue weighted by atomic mass is 127. The maximum absolute atomic E-state index is 5.96. The van der Waals surface area contributed by atoms with Crippen LogP contribution in [-0.4, -0.2) is 35.5 Å². The number of aliphatic imine (C=N–C) groups is 1. The summed E-state index contributed by atoms with van der Waals surface area (Å²) < 4.78 is 0. The third kappa shape index (κ3) is 4.75. The topological polar surface area (TPSA) is 41.6 Å². The largest absolute Gasteiger partial charge is 0.370 e. The van der Waals surface area contributed by atoms with Gasteiger partial charge in [-0.2, -0.15) is 11.8 Å². The highest BCUT2D eigenvalue weighted by Crippen LogP contribution is 2.09. The van der Waals surface area contributed by atoms with Gasteiger partial charge in [0.15, 0.2) is 5.96 Å². The van der Waals surface area contributed by atoms with Crippen LogP contribution in [-0.2, 0) is 6.54 Å². The summed E-state index contributed by atoms with van der Waals surface area (Å²) in [6.07, 6.45) is 0. The van der Waals surface area contributed by atoms with Gasteiger partial charge in [0.2, 0.25) is 0 Å². The minimum atomic E-state index is 0. The molecule has 0 radical (unpaired) electrons. The molecule has 1 aromatic carbocycles. The molecule has 2 N–H and O–H groups in total. The second-order valence-corrected chi connectivity index (χ2v) is 4.98. The summed E-state index contributed by atoms with van der Waals surface area (Å²) in [6, 6.07) is 10.2. The molecule has 2 rings (SSSR count). The molecule has 0 aromatic heterocycles. The van der Waals surface area contributed by atoms with Crippen LogP contribution < -0.4 is 5.73 Å². The summed E-state index contributed by atoms with van der Waals surface area (Å²) in [4.78, 5) is 6.60. The van der Waals surface area contributed by atoms with Crippen LogP contribution in [0.2, 0.25) is 0 Å². The molecule has 0 spiro atoms. The Morgan fingerprint density at radius 1 is 1.24 bits per heavy atom. The average Bonchev–Trinajstić information content (AvgIpc) is 2.38. The quantitative estimate of drug-likeness (QED) is 0.498. The third-order valence-electron chi connectivity index (χ3n) is 2.60. The molecule has 1 aliphatic heterocycles. The first kappa shape index (κ1) is 14.6. The van der Waals surface area contributed by atoms with E-state index in [1.165, 1.54) is 5.56 Å². The van der Waals surface area contributed by atoms with E-state index < -0.39 is 0 Å². The van der Waals surface area contributed by atoms with Crippen molar-refractivity contribution in [3.05, 3.63) is 35.9 Å². The van der Waals surface area contributed by atoms with Gasteiger partial charge in [0.05, 0.1) is 6.54 Å². The number of hydrogen-bond donors (Lipinski definition) is 1. The molecular formula is C12H18IN3S. The lowest BCUT2D eigenvalue weighted by atomic mass is 10.2. The summed E-state index contributed by atoms with van der Waals surface area (Å²) in [5.41, 5.74) is 7.17. The number of nitrogens with zero attached hydrogens (tertiary/aromatic N) is 2. The lowest BCUT2D eigenvalue weighted by Crippen LogP contribution is -2.42. The molecule has 17 heavy (non-hydrogen) atoms. The molecule has 0 saturated carbocycles. The van der Waals surface area contributed by atoms with Crippen LogP contribution in [0.1, 0.15) is 5.56 Å². The molecule has 1 fully saturated rings. The fourth-order valence-electron chi connectivity index (χ4n) is 1.65. The van der Waals surface area contributed by atoms with Crippen LogP contribution in [0.4, 0.5) is 0 Å². The number of rotatable bonds is 2. The summed E-state index contributed by atoms with van der Waals surface area (Å²) in [5.74, 6) is 2.99. The molecule has 94 valence electrons. The van der Waals surface area contributed by atoms with Crippen LogP contribution in [0, 0.1) is 0 Å². The Morgan fingerprint density at radius 2 is 1.88 bits per heavy atom. The maximum Gasteiger partial charge on any atom is 0.191 e. The predicted octanol–water partition coefficient (Wildman–Crippen LogP) is 2.17. The van der Waals surface area contributed by atoms with Gasteiger partial charge in [-0.25, -0.2) is 4.99 Å². The van der Waals surface area contributed by atoms with Gasteiger partial charge in [-0.05, 0) is 5.56 Å². The maximum atomic E-state index is 5.96. The molecule has 1 saturated heterocycles. The van der Waals surface area contributed by atoms with Crippen LogP contribution >= 0.6 is 35.7 Å². The van der Waals surface area contributed by atoms with Crippen molar-refractivity contribution >= 4 is 41.7 Å². The van der Waals surface area contributed by atoms with Crippen molar-refractivity contribution in [2.24, 2.45) is 10.7 Å². The molecule has 1 aromatic rings. The fourth-order valence-corrected chi connectivity index (χ4v) is 2.55. The number of halogens is 1. The molecule has 0 amide bonds. The van der Waals surface area contributed by atoms with E-state index in [9.17, 15) is 0 Å². The second-order valence-electron chi connectivity index (χ2n) is 3.76. The van der Waals surface area contributed by atoms with Crippen molar-refractivity contribution in [1.82, 2.24) is 4.90 Å². The van der Waals surface area contributed by atoms with Gasteiger partial charge in [-0.15, -0.1) is 24.0 Å². The van der Waals surface area contributed by atoms with E-state index in [0.717, 1.165) is 24.6 Å². The number of hydrogen-bond acceptors (Lipinski definition) is 2. The minimum absolute atomic E-state index is 0. The molecule has 0 atom stereocenters. The standard InChI is InChI=1S/C12H17N3S.HI/c13-12(15-6-8-16-9-7-15)14-10-11-4-2-1-3-5-11;/h1-5H,6-10H2,(H2,13,14);1H. The van der Waals surface area contributed by atoms with Crippen LogP contribution in [0.15, 0.2) is 35.3 Å². The Bertz CT molecular complexity index is 350. The molecule has 5 heteroatoms. The van der Waals surface area contributed by atoms with Crippen molar-refractivity contribution in [3.63, 3.8) is 0 Å². The summed E-state index contributed by atoms with van der Waals surface area (Å²) in [6.45, 7) is 2.72. The zero-order valence-electron chi connectivity index (χ0n) is 9.71. The highest BCUT2D eigenvalue weighted by molar-refractivity contribution is 14.0. The van der Waals surface area contributed by atoms with Gasteiger partial charge in [0.1, 0.15) is 0 Å². The summed E-state index contributed by atoms with van der Waals surface area (Å²) in [7, 11) is 0. The molecule has 0 bridgehead atoms. The van der Waals surface area contributed by atoms with Gasteiger partial charge >= 0.3 is 0 Å². The van der Waals surface area contributed by atoms with Gasteiger partial charge in [0.25, 0.3) is 0 Å². The normalized spacial score (nSPS) is 16.5. The first-order chi connectivity index (χ1) is 7.86. The monoisotopic (exact) mass is 363 g/mol. The Labute approximate surface area is 124 Å². The predicted molar refractivity (Wildman–Crippen MR) is 86.1 cm³/mol. The summed E-state index contributed by atoms with van der Waals surface area (Å²) in [5, 5.41) is 0. The van der Waals surface area contributed by atoms with Crippen LogP contribution in [0.5, 0.6) is 0 Å². The van der Waals surface area contributed by atoms with E-state index in [2.05, 4.69) is 22.0 Å². The van der Waals surface area contributed by atoms with Gasteiger partial charge < -0.3 is 10.6 Å². The Balaban J connectivity index is 0.00000144. The molecule has 0 unspecified atom stereocenters. The first-order valence-electron chi connectivity index (χ1n) is 5.53. The Hall–Kier alpha value is -0.430. The number of thioether (sulfide) groups is 1. The minimum Gasteiger partial charge on any atom is -0.370 e. The van der Waals surface area contributed by atoms with E-state index >= 15 is 0 Å². The molecule has 0 aliphatic carbocycles. The number of benzene rings is 1. The summed E-state index contributed by atoms with van der Waals surface area (Å²) >= 11 is 1.98. The third-order valence-corrected chi connectivity index (χ3v) is 3.54. The van der Waals surface area contributed by atoms with E-state index in [4.69, 9.17) is 5.73 Å². The van der Waals surface area contributed by atoms with Crippen molar-refractivity contribution < 1.29 is 0 Å². The van der Waals surface area contributed by atoms with E-state index in [1.807, 2.05) is 30.0 Å². The van der Waals surface area contributed by atoms with Crippen LogP contribution in [0.25, 0.3) is 0 Å². The highest BCUT2D eigenvalue weighted by Gasteiger charge is 2.11. The average molecular weight is 363 g/mol.